The van der Waals surface area contributed by atoms with Gasteiger partial charge in [0.2, 0.25) is 0 Å². The van der Waals surface area contributed by atoms with Gasteiger partial charge in [-0.1, -0.05) is 17.7 Å². The fourth-order valence-electron chi connectivity index (χ4n) is 1.14. The highest BCUT2D eigenvalue weighted by atomic mass is 35.5. The molecule has 0 unspecified atom stereocenters. The minimum atomic E-state index is 0.408. The number of H-pyrrole nitrogens is 1. The van der Waals surface area contributed by atoms with Crippen molar-refractivity contribution in [1.29, 1.82) is 0 Å². The van der Waals surface area contributed by atoms with Crippen molar-refractivity contribution in [2.24, 2.45) is 5.73 Å². The molecule has 62 valence electrons. The average molecular weight is 182 g/mol. The molecule has 0 fully saturated rings. The largest absolute Gasteiger partial charge is 0.341 e. The topological polar surface area (TPSA) is 54.7 Å². The van der Waals surface area contributed by atoms with Crippen molar-refractivity contribution in [1.82, 2.24) is 9.97 Å². The Balaban J connectivity index is 2.74. The number of nitrogens with one attached hydrogen (secondary N) is 1. The van der Waals surface area contributed by atoms with Gasteiger partial charge in [-0.15, -0.1) is 0 Å². The molecule has 0 bridgehead atoms. The Hall–Kier alpha value is -1.06. The number of aromatic nitrogens is 2. The zero-order chi connectivity index (χ0) is 8.55. The summed E-state index contributed by atoms with van der Waals surface area (Å²) >= 11 is 5.90. The number of nitrogens with two attached hydrogens (primary N) is 1. The Morgan fingerprint density at radius 2 is 2.33 bits per heavy atom. The Labute approximate surface area is 74.5 Å². The van der Waals surface area contributed by atoms with Crippen molar-refractivity contribution in [3.8, 4) is 0 Å². The lowest BCUT2D eigenvalue weighted by Crippen LogP contribution is -1.97. The van der Waals surface area contributed by atoms with Crippen molar-refractivity contribution in [2.45, 2.75) is 6.54 Å². The number of halogens is 1. The van der Waals surface area contributed by atoms with Crippen LogP contribution in [0.5, 0.6) is 0 Å². The second kappa shape index (κ2) is 2.77. The fourth-order valence-corrected chi connectivity index (χ4v) is 1.36. The van der Waals surface area contributed by atoms with Crippen LogP contribution in [0.4, 0.5) is 0 Å². The smallest absolute Gasteiger partial charge is 0.121 e. The Morgan fingerprint density at radius 3 is 3.00 bits per heavy atom. The second-order valence-corrected chi connectivity index (χ2v) is 2.93. The Morgan fingerprint density at radius 1 is 1.50 bits per heavy atom. The van der Waals surface area contributed by atoms with Crippen LogP contribution in [0.25, 0.3) is 11.0 Å². The molecular formula is C8H8ClN3. The maximum absolute atomic E-state index is 5.90. The van der Waals surface area contributed by atoms with Gasteiger partial charge in [-0.2, -0.15) is 0 Å². The minimum Gasteiger partial charge on any atom is -0.341 e. The molecule has 12 heavy (non-hydrogen) atoms. The summed E-state index contributed by atoms with van der Waals surface area (Å²) < 4.78 is 0. The number of imidazole rings is 1. The maximum atomic E-state index is 5.90. The molecule has 1 heterocycles. The Bertz CT molecular complexity index is 408. The normalized spacial score (nSPS) is 10.8. The van der Waals surface area contributed by atoms with Gasteiger partial charge in [-0.3, -0.25) is 0 Å². The number of nitrogens with zero attached hydrogens (tertiary/aromatic N) is 1. The van der Waals surface area contributed by atoms with Crippen LogP contribution < -0.4 is 5.73 Å². The van der Waals surface area contributed by atoms with E-state index in [0.29, 0.717) is 11.6 Å². The van der Waals surface area contributed by atoms with E-state index in [9.17, 15) is 0 Å². The summed E-state index contributed by atoms with van der Waals surface area (Å²) in [6.07, 6.45) is 0. The summed E-state index contributed by atoms with van der Waals surface area (Å²) in [6.45, 7) is 0.408. The van der Waals surface area contributed by atoms with E-state index in [1.54, 1.807) is 0 Å². The highest BCUT2D eigenvalue weighted by Crippen LogP contribution is 2.20. The van der Waals surface area contributed by atoms with Gasteiger partial charge in [-0.05, 0) is 12.1 Å². The van der Waals surface area contributed by atoms with E-state index in [4.69, 9.17) is 17.3 Å². The maximum Gasteiger partial charge on any atom is 0.121 e. The van der Waals surface area contributed by atoms with Crippen molar-refractivity contribution in [2.75, 3.05) is 0 Å². The second-order valence-electron chi connectivity index (χ2n) is 2.52. The van der Waals surface area contributed by atoms with Crippen LogP contribution in [0.2, 0.25) is 5.02 Å². The predicted molar refractivity (Wildman–Crippen MR) is 49.0 cm³/mol. The first-order valence-electron chi connectivity index (χ1n) is 3.64. The summed E-state index contributed by atoms with van der Waals surface area (Å²) in [4.78, 5) is 7.28. The lowest BCUT2D eigenvalue weighted by molar-refractivity contribution is 0.958. The summed E-state index contributed by atoms with van der Waals surface area (Å²) in [6, 6.07) is 5.61. The van der Waals surface area contributed by atoms with Crippen molar-refractivity contribution < 1.29 is 0 Å². The third-order valence-electron chi connectivity index (χ3n) is 1.71. The van der Waals surface area contributed by atoms with Gasteiger partial charge in [0.25, 0.3) is 0 Å². The van der Waals surface area contributed by atoms with E-state index in [1.807, 2.05) is 18.2 Å². The SMILES string of the molecule is NCc1nc2c(Cl)cccc2[nH]1. The molecule has 1 aromatic carbocycles. The molecule has 0 amide bonds. The van der Waals surface area contributed by atoms with Gasteiger partial charge in [0.05, 0.1) is 17.1 Å². The lowest BCUT2D eigenvalue weighted by atomic mass is 10.3. The Kier molecular flexibility index (Phi) is 1.75. The van der Waals surface area contributed by atoms with E-state index in [1.165, 1.54) is 0 Å². The molecule has 0 saturated carbocycles. The van der Waals surface area contributed by atoms with Gasteiger partial charge < -0.3 is 10.7 Å². The molecule has 0 spiro atoms. The van der Waals surface area contributed by atoms with Crippen molar-refractivity contribution >= 4 is 22.6 Å². The number of benzene rings is 1. The van der Waals surface area contributed by atoms with Gasteiger partial charge in [-0.25, -0.2) is 4.98 Å². The van der Waals surface area contributed by atoms with E-state index in [-0.39, 0.29) is 0 Å². The molecule has 0 saturated heterocycles. The number of aromatic amines is 1. The first-order chi connectivity index (χ1) is 5.81. The first-order valence-corrected chi connectivity index (χ1v) is 4.02. The predicted octanol–water partition coefficient (Wildman–Crippen LogP) is 1.67. The molecule has 0 aliphatic rings. The zero-order valence-corrected chi connectivity index (χ0v) is 7.10. The molecule has 0 radical (unpaired) electrons. The molecule has 2 aromatic rings. The monoisotopic (exact) mass is 181 g/mol. The highest BCUT2D eigenvalue weighted by Gasteiger charge is 2.03. The molecule has 3 nitrogen and oxygen atoms in total. The highest BCUT2D eigenvalue weighted by molar-refractivity contribution is 6.34. The number of para-hydroxylation sites is 1. The molecule has 3 N–H and O–H groups in total. The number of hydrogen-bond acceptors (Lipinski definition) is 2. The fraction of sp³-hybridized carbons (Fsp3) is 0.125. The standard InChI is InChI=1S/C8H8ClN3/c9-5-2-1-3-6-8(5)12-7(4-10)11-6/h1-3H,4,10H2,(H,11,12). The van der Waals surface area contributed by atoms with Crippen LogP contribution in [0, 0.1) is 0 Å². The summed E-state index contributed by atoms with van der Waals surface area (Å²) in [5.41, 5.74) is 7.15. The molecule has 0 aliphatic heterocycles. The summed E-state index contributed by atoms with van der Waals surface area (Å²) in [5, 5.41) is 0.656. The summed E-state index contributed by atoms with van der Waals surface area (Å²) in [7, 11) is 0. The van der Waals surface area contributed by atoms with Gasteiger partial charge in [0.15, 0.2) is 0 Å². The molecule has 2 rings (SSSR count). The summed E-state index contributed by atoms with van der Waals surface area (Å²) in [5.74, 6) is 0.762. The molecule has 0 aliphatic carbocycles. The number of rotatable bonds is 1. The van der Waals surface area contributed by atoms with Gasteiger partial charge in [0.1, 0.15) is 11.3 Å². The van der Waals surface area contributed by atoms with E-state index >= 15 is 0 Å². The quantitative estimate of drug-likeness (QED) is 0.703. The third-order valence-corrected chi connectivity index (χ3v) is 2.01. The van der Waals surface area contributed by atoms with Gasteiger partial charge in [0, 0.05) is 0 Å². The number of hydrogen-bond donors (Lipinski definition) is 2. The van der Waals surface area contributed by atoms with Crippen LogP contribution in [0.3, 0.4) is 0 Å². The van der Waals surface area contributed by atoms with E-state index < -0.39 is 0 Å². The van der Waals surface area contributed by atoms with Crippen LogP contribution in [0.15, 0.2) is 18.2 Å². The number of fused-ring (bicyclic) bond motifs is 1. The lowest BCUT2D eigenvalue weighted by Gasteiger charge is -1.88. The molecule has 4 heteroatoms. The van der Waals surface area contributed by atoms with Crippen LogP contribution in [0.1, 0.15) is 5.82 Å². The minimum absolute atomic E-state index is 0.408. The van der Waals surface area contributed by atoms with Crippen LogP contribution in [-0.2, 0) is 6.54 Å². The third kappa shape index (κ3) is 1.07. The van der Waals surface area contributed by atoms with Crippen LogP contribution in [-0.4, -0.2) is 9.97 Å². The van der Waals surface area contributed by atoms with Crippen molar-refractivity contribution in [3.63, 3.8) is 0 Å². The van der Waals surface area contributed by atoms with Crippen LogP contribution >= 0.6 is 11.6 Å². The zero-order valence-electron chi connectivity index (χ0n) is 6.34. The molecule has 0 atom stereocenters. The average Bonchev–Trinajstić information content (AvgIpc) is 2.49. The molecular weight excluding hydrogens is 174 g/mol. The molecule has 1 aromatic heterocycles. The van der Waals surface area contributed by atoms with Gasteiger partial charge >= 0.3 is 0 Å². The van der Waals surface area contributed by atoms with Crippen molar-refractivity contribution in [3.05, 3.63) is 29.0 Å². The first kappa shape index (κ1) is 7.58. The van der Waals surface area contributed by atoms with E-state index in [0.717, 1.165) is 16.9 Å². The van der Waals surface area contributed by atoms with E-state index in [2.05, 4.69) is 9.97 Å².